The summed E-state index contributed by atoms with van der Waals surface area (Å²) in [4.78, 5) is 16.0. The van der Waals surface area contributed by atoms with Crippen molar-refractivity contribution >= 4 is 6.03 Å². The van der Waals surface area contributed by atoms with Crippen LogP contribution in [0.25, 0.3) is 0 Å². The minimum Gasteiger partial charge on any atom is -0.481 e. The third kappa shape index (κ3) is 2.86. The summed E-state index contributed by atoms with van der Waals surface area (Å²) in [5, 5.41) is 6.02. The Morgan fingerprint density at radius 1 is 1.45 bits per heavy atom. The molecule has 108 valence electrons. The molecule has 2 amide bonds. The van der Waals surface area contributed by atoms with Crippen molar-refractivity contribution < 1.29 is 9.53 Å². The number of urea groups is 1. The molecule has 20 heavy (non-hydrogen) atoms. The van der Waals surface area contributed by atoms with E-state index in [1.165, 1.54) is 19.3 Å². The molecule has 3 atom stereocenters. The third-order valence-corrected chi connectivity index (χ3v) is 4.52. The van der Waals surface area contributed by atoms with Gasteiger partial charge in [-0.05, 0) is 42.7 Å². The standard InChI is InChI=1S/C15H21N3O2/c1-20-14-8-11(4-5-16-14)9-17-15(19)18-13-7-10-2-3-12(13)6-10/h4-5,8,10,12-13H,2-3,6-7,9H2,1H3,(H2,17,18,19). The molecule has 1 heterocycles. The van der Waals surface area contributed by atoms with Gasteiger partial charge in [0.1, 0.15) is 0 Å². The number of nitrogens with one attached hydrogen (secondary N) is 2. The lowest BCUT2D eigenvalue weighted by Crippen LogP contribution is -2.44. The summed E-state index contributed by atoms with van der Waals surface area (Å²) in [6.45, 7) is 0.492. The number of ether oxygens (including phenoxy) is 1. The van der Waals surface area contributed by atoms with Crippen molar-refractivity contribution in [3.63, 3.8) is 0 Å². The van der Waals surface area contributed by atoms with E-state index in [9.17, 15) is 4.79 Å². The Bertz CT molecular complexity index is 492. The highest BCUT2D eigenvalue weighted by atomic mass is 16.5. The molecule has 1 aromatic heterocycles. The van der Waals surface area contributed by atoms with E-state index in [1.807, 2.05) is 12.1 Å². The van der Waals surface area contributed by atoms with Crippen molar-refractivity contribution in [3.05, 3.63) is 23.9 Å². The Hall–Kier alpha value is -1.78. The molecule has 2 fully saturated rings. The number of aromatic nitrogens is 1. The van der Waals surface area contributed by atoms with Crippen LogP contribution in [0.3, 0.4) is 0 Å². The van der Waals surface area contributed by atoms with Crippen LogP contribution in [0.15, 0.2) is 18.3 Å². The first kappa shape index (κ1) is 13.2. The van der Waals surface area contributed by atoms with Gasteiger partial charge in [-0.2, -0.15) is 0 Å². The fourth-order valence-corrected chi connectivity index (χ4v) is 3.50. The molecule has 5 nitrogen and oxygen atoms in total. The quantitative estimate of drug-likeness (QED) is 0.884. The van der Waals surface area contributed by atoms with Crippen molar-refractivity contribution in [1.29, 1.82) is 0 Å². The fourth-order valence-electron chi connectivity index (χ4n) is 3.50. The van der Waals surface area contributed by atoms with Gasteiger partial charge in [-0.1, -0.05) is 6.42 Å². The van der Waals surface area contributed by atoms with E-state index >= 15 is 0 Å². The van der Waals surface area contributed by atoms with E-state index in [0.29, 0.717) is 24.4 Å². The number of hydrogen-bond donors (Lipinski definition) is 2. The zero-order valence-electron chi connectivity index (χ0n) is 11.8. The molecule has 2 aliphatic rings. The summed E-state index contributed by atoms with van der Waals surface area (Å²) in [5.74, 6) is 2.11. The van der Waals surface area contributed by atoms with Crippen LogP contribution in [-0.2, 0) is 6.54 Å². The van der Waals surface area contributed by atoms with Gasteiger partial charge in [-0.3, -0.25) is 0 Å². The molecular formula is C15H21N3O2. The Morgan fingerprint density at radius 3 is 3.05 bits per heavy atom. The largest absolute Gasteiger partial charge is 0.481 e. The number of methoxy groups -OCH3 is 1. The van der Waals surface area contributed by atoms with E-state index < -0.39 is 0 Å². The summed E-state index contributed by atoms with van der Waals surface area (Å²) < 4.78 is 5.06. The van der Waals surface area contributed by atoms with E-state index in [2.05, 4.69) is 15.6 Å². The Labute approximate surface area is 119 Å². The lowest BCUT2D eigenvalue weighted by molar-refractivity contribution is 0.230. The summed E-state index contributed by atoms with van der Waals surface area (Å²) in [7, 11) is 1.58. The van der Waals surface area contributed by atoms with E-state index in [4.69, 9.17) is 4.74 Å². The molecule has 0 spiro atoms. The first-order chi connectivity index (χ1) is 9.74. The van der Waals surface area contributed by atoms with Gasteiger partial charge in [0.05, 0.1) is 7.11 Å². The zero-order valence-corrected chi connectivity index (χ0v) is 11.8. The van der Waals surface area contributed by atoms with E-state index in [-0.39, 0.29) is 6.03 Å². The molecular weight excluding hydrogens is 254 g/mol. The van der Waals surface area contributed by atoms with Crippen LogP contribution in [0, 0.1) is 11.8 Å². The monoisotopic (exact) mass is 275 g/mol. The van der Waals surface area contributed by atoms with Crippen LogP contribution in [0.5, 0.6) is 5.88 Å². The van der Waals surface area contributed by atoms with Crippen molar-refractivity contribution in [2.75, 3.05) is 7.11 Å². The van der Waals surface area contributed by atoms with Gasteiger partial charge < -0.3 is 15.4 Å². The average molecular weight is 275 g/mol. The molecule has 2 bridgehead atoms. The van der Waals surface area contributed by atoms with Crippen molar-refractivity contribution in [2.24, 2.45) is 11.8 Å². The highest BCUT2D eigenvalue weighted by Crippen LogP contribution is 2.44. The number of pyridine rings is 1. The number of carbonyl (C=O) groups excluding carboxylic acids is 1. The molecule has 5 heteroatoms. The molecule has 2 N–H and O–H groups in total. The van der Waals surface area contributed by atoms with Crippen LogP contribution in [-0.4, -0.2) is 24.2 Å². The topological polar surface area (TPSA) is 63.2 Å². The van der Waals surface area contributed by atoms with Gasteiger partial charge in [-0.15, -0.1) is 0 Å². The third-order valence-electron chi connectivity index (χ3n) is 4.52. The highest BCUT2D eigenvalue weighted by Gasteiger charge is 2.40. The molecule has 0 radical (unpaired) electrons. The first-order valence-corrected chi connectivity index (χ1v) is 7.28. The van der Waals surface area contributed by atoms with Gasteiger partial charge >= 0.3 is 6.03 Å². The number of fused-ring (bicyclic) bond motifs is 2. The highest BCUT2D eigenvalue weighted by molar-refractivity contribution is 5.74. The molecule has 1 aromatic rings. The first-order valence-electron chi connectivity index (χ1n) is 7.28. The zero-order chi connectivity index (χ0) is 13.9. The van der Waals surface area contributed by atoms with Gasteiger partial charge in [0, 0.05) is 24.8 Å². The van der Waals surface area contributed by atoms with Crippen LogP contribution >= 0.6 is 0 Å². The summed E-state index contributed by atoms with van der Waals surface area (Å²) in [6.07, 6.45) is 6.76. The lowest BCUT2D eigenvalue weighted by Gasteiger charge is -2.23. The second kappa shape index (κ2) is 5.69. The number of amides is 2. The molecule has 0 saturated heterocycles. The maximum Gasteiger partial charge on any atom is 0.315 e. The molecule has 2 saturated carbocycles. The van der Waals surface area contributed by atoms with Crippen LogP contribution in [0.2, 0.25) is 0 Å². The Morgan fingerprint density at radius 2 is 2.35 bits per heavy atom. The fraction of sp³-hybridized carbons (Fsp3) is 0.600. The normalized spacial score (nSPS) is 27.4. The predicted octanol–water partition coefficient (Wildman–Crippen LogP) is 2.08. The van der Waals surface area contributed by atoms with Crippen molar-refractivity contribution in [3.8, 4) is 5.88 Å². The minimum atomic E-state index is -0.0710. The molecule has 3 rings (SSSR count). The van der Waals surface area contributed by atoms with E-state index in [1.54, 1.807) is 13.3 Å². The number of carbonyl (C=O) groups is 1. The summed E-state index contributed by atoms with van der Waals surface area (Å²) in [5.41, 5.74) is 0.986. The number of hydrogen-bond acceptors (Lipinski definition) is 3. The van der Waals surface area contributed by atoms with Gasteiger partial charge in [0.2, 0.25) is 5.88 Å². The summed E-state index contributed by atoms with van der Waals surface area (Å²) >= 11 is 0. The Balaban J connectivity index is 1.47. The average Bonchev–Trinajstić information content (AvgIpc) is 3.08. The second-order valence-electron chi connectivity index (χ2n) is 5.81. The van der Waals surface area contributed by atoms with E-state index in [0.717, 1.165) is 17.9 Å². The maximum absolute atomic E-state index is 11.9. The Kier molecular flexibility index (Phi) is 3.76. The second-order valence-corrected chi connectivity index (χ2v) is 5.81. The van der Waals surface area contributed by atoms with Crippen molar-refractivity contribution in [1.82, 2.24) is 15.6 Å². The van der Waals surface area contributed by atoms with Crippen LogP contribution < -0.4 is 15.4 Å². The molecule has 0 aliphatic heterocycles. The van der Waals surface area contributed by atoms with Gasteiger partial charge in [-0.25, -0.2) is 9.78 Å². The summed E-state index contributed by atoms with van der Waals surface area (Å²) in [6, 6.07) is 4.01. The maximum atomic E-state index is 11.9. The van der Waals surface area contributed by atoms with Crippen LogP contribution in [0.1, 0.15) is 31.2 Å². The number of rotatable bonds is 4. The molecule has 0 aromatic carbocycles. The molecule has 2 aliphatic carbocycles. The van der Waals surface area contributed by atoms with Crippen LogP contribution in [0.4, 0.5) is 4.79 Å². The lowest BCUT2D eigenvalue weighted by atomic mass is 9.95. The predicted molar refractivity (Wildman–Crippen MR) is 75.4 cm³/mol. The molecule has 3 unspecified atom stereocenters. The SMILES string of the molecule is COc1cc(CNC(=O)NC2CC3CCC2C3)ccn1. The van der Waals surface area contributed by atoms with Gasteiger partial charge in [0.15, 0.2) is 0 Å². The minimum absolute atomic E-state index is 0.0710. The van der Waals surface area contributed by atoms with Crippen molar-refractivity contribution in [2.45, 2.75) is 38.3 Å². The van der Waals surface area contributed by atoms with Gasteiger partial charge in [0.25, 0.3) is 0 Å². The number of nitrogens with zero attached hydrogens (tertiary/aromatic N) is 1. The smallest absolute Gasteiger partial charge is 0.315 e.